The van der Waals surface area contributed by atoms with Crippen LogP contribution in [0, 0.1) is 11.8 Å². The van der Waals surface area contributed by atoms with Crippen molar-refractivity contribution in [2.45, 2.75) is 39.2 Å². The summed E-state index contributed by atoms with van der Waals surface area (Å²) in [7, 11) is 3.54. The second-order valence-corrected chi connectivity index (χ2v) is 5.04. The number of nitrogens with zero attached hydrogens (tertiary/aromatic N) is 1. The molecule has 0 aliphatic carbocycles. The molecule has 1 aliphatic rings. The minimum atomic E-state index is -0.103. The molecule has 1 fully saturated rings. The van der Waals surface area contributed by atoms with Crippen molar-refractivity contribution < 1.29 is 14.3 Å². The summed E-state index contributed by atoms with van der Waals surface area (Å²) in [5.74, 6) is 0.742. The summed E-state index contributed by atoms with van der Waals surface area (Å²) in [4.78, 5) is 23.8. The largest absolute Gasteiger partial charge is 0.461 e. The summed E-state index contributed by atoms with van der Waals surface area (Å²) < 4.78 is 5.02. The second-order valence-electron chi connectivity index (χ2n) is 5.04. The molecule has 0 spiro atoms. The summed E-state index contributed by atoms with van der Waals surface area (Å²) >= 11 is 0. The van der Waals surface area contributed by atoms with E-state index in [-0.39, 0.29) is 18.0 Å². The van der Waals surface area contributed by atoms with Gasteiger partial charge in [0.1, 0.15) is 6.10 Å². The van der Waals surface area contributed by atoms with Crippen molar-refractivity contribution in [2.24, 2.45) is 11.8 Å². The normalized spacial score (nSPS) is 23.0. The number of hydrogen-bond acceptors (Lipinski definition) is 3. The fraction of sp³-hybridized carbons (Fsp3) is 0.833. The molecule has 0 aromatic rings. The molecule has 1 aliphatic heterocycles. The molecule has 1 heterocycles. The van der Waals surface area contributed by atoms with Gasteiger partial charge in [-0.05, 0) is 18.3 Å². The molecule has 0 saturated carbocycles. The van der Waals surface area contributed by atoms with Crippen LogP contribution in [0.15, 0.2) is 0 Å². The Hall–Kier alpha value is -1.06. The Morgan fingerprint density at radius 1 is 1.50 bits per heavy atom. The maximum absolute atomic E-state index is 11.5. The van der Waals surface area contributed by atoms with Crippen molar-refractivity contribution in [1.29, 1.82) is 0 Å². The zero-order valence-corrected chi connectivity index (χ0v) is 10.5. The molecule has 92 valence electrons. The van der Waals surface area contributed by atoms with Gasteiger partial charge in [0.25, 0.3) is 0 Å². The lowest BCUT2D eigenvalue weighted by Gasteiger charge is -2.32. The van der Waals surface area contributed by atoms with Crippen LogP contribution >= 0.6 is 0 Å². The second kappa shape index (κ2) is 5.32. The number of rotatable bonds is 5. The van der Waals surface area contributed by atoms with Gasteiger partial charge in [-0.3, -0.25) is 9.59 Å². The number of carbonyl (C=O) groups is 2. The van der Waals surface area contributed by atoms with Crippen LogP contribution in [0.5, 0.6) is 0 Å². The first-order chi connectivity index (χ1) is 7.40. The van der Waals surface area contributed by atoms with E-state index in [1.54, 1.807) is 19.0 Å². The molecule has 3 unspecified atom stereocenters. The Morgan fingerprint density at radius 2 is 2.06 bits per heavy atom. The zero-order valence-electron chi connectivity index (χ0n) is 10.5. The number of cyclic esters (lactones) is 1. The summed E-state index contributed by atoms with van der Waals surface area (Å²) in [6.07, 6.45) is 2.11. The van der Waals surface area contributed by atoms with Crippen LogP contribution in [-0.4, -0.2) is 37.0 Å². The highest BCUT2D eigenvalue weighted by atomic mass is 16.6. The Morgan fingerprint density at radius 3 is 2.50 bits per heavy atom. The van der Waals surface area contributed by atoms with Crippen LogP contribution in [-0.2, 0) is 14.3 Å². The summed E-state index contributed by atoms with van der Waals surface area (Å²) in [5.41, 5.74) is 0. The van der Waals surface area contributed by atoms with E-state index >= 15 is 0 Å². The first-order valence-corrected chi connectivity index (χ1v) is 5.79. The minimum absolute atomic E-state index is 0.0735. The zero-order chi connectivity index (χ0) is 12.3. The highest BCUT2D eigenvalue weighted by Gasteiger charge is 2.33. The quantitative estimate of drug-likeness (QED) is 0.668. The number of esters is 1. The number of ether oxygens (including phenoxy) is 1. The molecule has 3 atom stereocenters. The number of carbonyl (C=O) groups excluding carboxylic acids is 2. The van der Waals surface area contributed by atoms with Crippen LogP contribution in [0.25, 0.3) is 0 Å². The molecule has 0 bridgehead atoms. The summed E-state index contributed by atoms with van der Waals surface area (Å²) in [6.45, 7) is 4.14. The van der Waals surface area contributed by atoms with Crippen molar-refractivity contribution >= 4 is 11.9 Å². The third-order valence-electron chi connectivity index (χ3n) is 3.08. The Bertz CT molecular complexity index is 267. The van der Waals surface area contributed by atoms with Gasteiger partial charge in [0.05, 0.1) is 6.42 Å². The Balaban J connectivity index is 2.25. The molecular weight excluding hydrogens is 206 g/mol. The van der Waals surface area contributed by atoms with Crippen molar-refractivity contribution in [3.05, 3.63) is 0 Å². The van der Waals surface area contributed by atoms with Gasteiger partial charge in [-0.1, -0.05) is 13.8 Å². The number of hydrogen-bond donors (Lipinski definition) is 0. The molecule has 4 nitrogen and oxygen atoms in total. The van der Waals surface area contributed by atoms with Crippen molar-refractivity contribution in [3.63, 3.8) is 0 Å². The molecule has 1 rings (SSSR count). The molecule has 0 radical (unpaired) electrons. The molecule has 4 heteroatoms. The van der Waals surface area contributed by atoms with E-state index in [1.165, 1.54) is 0 Å². The summed E-state index contributed by atoms with van der Waals surface area (Å²) in [5, 5.41) is 0. The first kappa shape index (κ1) is 13.0. The van der Waals surface area contributed by atoms with Gasteiger partial charge in [-0.25, -0.2) is 0 Å². The van der Waals surface area contributed by atoms with Gasteiger partial charge in [0.15, 0.2) is 0 Å². The highest BCUT2D eigenvalue weighted by Crippen LogP contribution is 2.27. The molecule has 16 heavy (non-hydrogen) atoms. The topological polar surface area (TPSA) is 46.6 Å². The van der Waals surface area contributed by atoms with E-state index in [0.717, 1.165) is 6.42 Å². The molecule has 0 N–H and O–H groups in total. The van der Waals surface area contributed by atoms with Gasteiger partial charge in [0, 0.05) is 20.5 Å². The lowest BCUT2D eigenvalue weighted by molar-refractivity contribution is -0.175. The van der Waals surface area contributed by atoms with E-state index in [0.29, 0.717) is 24.7 Å². The fourth-order valence-corrected chi connectivity index (χ4v) is 1.99. The SMILES string of the molecule is CC(CC(=O)N(C)C)CC(C)C1CC(=O)O1. The maximum atomic E-state index is 11.5. The molecule has 1 saturated heterocycles. The molecule has 0 aromatic heterocycles. The lowest BCUT2D eigenvalue weighted by Crippen LogP contribution is -2.38. The monoisotopic (exact) mass is 227 g/mol. The minimum Gasteiger partial charge on any atom is -0.461 e. The predicted molar refractivity (Wildman–Crippen MR) is 60.8 cm³/mol. The van der Waals surface area contributed by atoms with E-state index in [2.05, 4.69) is 13.8 Å². The van der Waals surface area contributed by atoms with Crippen LogP contribution < -0.4 is 0 Å². The predicted octanol–water partition coefficient (Wildman–Crippen LogP) is 1.44. The van der Waals surface area contributed by atoms with E-state index in [9.17, 15) is 9.59 Å². The van der Waals surface area contributed by atoms with E-state index in [1.807, 2.05) is 0 Å². The van der Waals surface area contributed by atoms with Gasteiger partial charge in [-0.2, -0.15) is 0 Å². The van der Waals surface area contributed by atoms with Gasteiger partial charge in [0.2, 0.25) is 5.91 Å². The highest BCUT2D eigenvalue weighted by molar-refractivity contribution is 5.76. The van der Waals surface area contributed by atoms with Gasteiger partial charge >= 0.3 is 5.97 Å². The standard InChI is InChI=1S/C12H21NO3/c1-8(6-11(14)13(3)4)5-9(2)10-7-12(15)16-10/h8-10H,5-7H2,1-4H3. The fourth-order valence-electron chi connectivity index (χ4n) is 1.99. The van der Waals surface area contributed by atoms with Crippen molar-refractivity contribution in [1.82, 2.24) is 4.90 Å². The maximum Gasteiger partial charge on any atom is 0.309 e. The van der Waals surface area contributed by atoms with Crippen molar-refractivity contribution in [3.8, 4) is 0 Å². The first-order valence-electron chi connectivity index (χ1n) is 5.79. The third kappa shape index (κ3) is 3.51. The van der Waals surface area contributed by atoms with Crippen LogP contribution in [0.1, 0.15) is 33.1 Å². The van der Waals surface area contributed by atoms with Gasteiger partial charge in [-0.15, -0.1) is 0 Å². The van der Waals surface area contributed by atoms with Crippen LogP contribution in [0.2, 0.25) is 0 Å². The third-order valence-corrected chi connectivity index (χ3v) is 3.08. The summed E-state index contributed by atoms with van der Waals surface area (Å²) in [6, 6.07) is 0. The average Bonchev–Trinajstić information content (AvgIpc) is 2.12. The van der Waals surface area contributed by atoms with E-state index in [4.69, 9.17) is 4.74 Å². The van der Waals surface area contributed by atoms with Gasteiger partial charge < -0.3 is 9.64 Å². The Kier molecular flexibility index (Phi) is 4.33. The van der Waals surface area contributed by atoms with Crippen LogP contribution in [0.3, 0.4) is 0 Å². The van der Waals surface area contributed by atoms with E-state index < -0.39 is 0 Å². The van der Waals surface area contributed by atoms with Crippen LogP contribution in [0.4, 0.5) is 0 Å². The van der Waals surface area contributed by atoms with Crippen molar-refractivity contribution in [2.75, 3.05) is 14.1 Å². The lowest BCUT2D eigenvalue weighted by atomic mass is 9.87. The Labute approximate surface area is 96.9 Å². The smallest absolute Gasteiger partial charge is 0.309 e. The molecular formula is C12H21NO3. The molecule has 0 aromatic carbocycles. The molecule has 1 amide bonds. The number of amides is 1. The average molecular weight is 227 g/mol.